The minimum Gasteiger partial charge on any atom is -0.496 e. The van der Waals surface area contributed by atoms with E-state index in [0.717, 1.165) is 5.56 Å². The van der Waals surface area contributed by atoms with Crippen LogP contribution >= 0.6 is 0 Å². The predicted octanol–water partition coefficient (Wildman–Crippen LogP) is 3.94. The number of methoxy groups -OCH3 is 3. The van der Waals surface area contributed by atoms with Crippen LogP contribution in [0.25, 0.3) is 0 Å². The van der Waals surface area contributed by atoms with Crippen LogP contribution in [0.5, 0.6) is 17.2 Å². The minimum atomic E-state index is -0.137. The number of carbonyl (C=O) groups excluding carboxylic acids is 1. The summed E-state index contributed by atoms with van der Waals surface area (Å²) in [6, 6.07) is 11.2. The van der Waals surface area contributed by atoms with Crippen molar-refractivity contribution in [3.8, 4) is 17.2 Å². The summed E-state index contributed by atoms with van der Waals surface area (Å²) >= 11 is 0. The highest BCUT2D eigenvalue weighted by atomic mass is 16.5. The summed E-state index contributed by atoms with van der Waals surface area (Å²) in [5.41, 5.74) is 2.68. The van der Waals surface area contributed by atoms with Gasteiger partial charge in [-0.2, -0.15) is 0 Å². The molecule has 0 saturated heterocycles. The molecule has 2 aromatic rings. The highest BCUT2D eigenvalue weighted by molar-refractivity contribution is 5.94. The second-order valence-electron chi connectivity index (χ2n) is 7.03. The van der Waals surface area contributed by atoms with Gasteiger partial charge >= 0.3 is 0 Å². The molecular formula is C21H27NO4. The van der Waals surface area contributed by atoms with Gasteiger partial charge in [0.05, 0.1) is 21.3 Å². The van der Waals surface area contributed by atoms with E-state index in [-0.39, 0.29) is 11.3 Å². The van der Waals surface area contributed by atoms with E-state index >= 15 is 0 Å². The van der Waals surface area contributed by atoms with Crippen molar-refractivity contribution in [2.75, 3.05) is 21.3 Å². The molecule has 2 aromatic carbocycles. The van der Waals surface area contributed by atoms with Crippen molar-refractivity contribution in [2.24, 2.45) is 0 Å². The van der Waals surface area contributed by atoms with Crippen LogP contribution in [0.3, 0.4) is 0 Å². The van der Waals surface area contributed by atoms with Crippen molar-refractivity contribution in [1.82, 2.24) is 5.32 Å². The summed E-state index contributed by atoms with van der Waals surface area (Å²) in [7, 11) is 4.72. The molecule has 140 valence electrons. The first kappa shape index (κ1) is 19.6. The maximum Gasteiger partial charge on any atom is 0.251 e. The molecule has 0 radical (unpaired) electrons. The van der Waals surface area contributed by atoms with Crippen molar-refractivity contribution in [3.63, 3.8) is 0 Å². The summed E-state index contributed by atoms with van der Waals surface area (Å²) in [6.07, 6.45) is 0. The average Bonchev–Trinajstić information content (AvgIpc) is 2.64. The number of ether oxygens (including phenoxy) is 3. The Labute approximate surface area is 155 Å². The van der Waals surface area contributed by atoms with E-state index in [1.165, 1.54) is 5.56 Å². The molecule has 0 spiro atoms. The summed E-state index contributed by atoms with van der Waals surface area (Å²) in [5, 5.41) is 2.92. The second kappa shape index (κ2) is 8.13. The summed E-state index contributed by atoms with van der Waals surface area (Å²) in [6.45, 7) is 6.76. The molecule has 0 heterocycles. The van der Waals surface area contributed by atoms with E-state index in [1.807, 2.05) is 24.3 Å². The molecule has 5 nitrogen and oxygen atoms in total. The number of amides is 1. The van der Waals surface area contributed by atoms with Crippen molar-refractivity contribution in [3.05, 3.63) is 53.1 Å². The molecular weight excluding hydrogens is 330 g/mol. The van der Waals surface area contributed by atoms with E-state index < -0.39 is 0 Å². The van der Waals surface area contributed by atoms with Crippen LogP contribution in [0.15, 0.2) is 36.4 Å². The Morgan fingerprint density at radius 2 is 1.42 bits per heavy atom. The van der Waals surface area contributed by atoms with Gasteiger partial charge < -0.3 is 19.5 Å². The fourth-order valence-electron chi connectivity index (χ4n) is 2.63. The third-order valence-electron chi connectivity index (χ3n) is 4.24. The molecule has 1 N–H and O–H groups in total. The van der Waals surface area contributed by atoms with E-state index in [0.29, 0.717) is 29.4 Å². The molecule has 0 aliphatic rings. The van der Waals surface area contributed by atoms with Gasteiger partial charge in [-0.05, 0) is 29.2 Å². The second-order valence-corrected chi connectivity index (χ2v) is 7.03. The number of hydrogen-bond acceptors (Lipinski definition) is 4. The van der Waals surface area contributed by atoms with Gasteiger partial charge in [-0.25, -0.2) is 0 Å². The highest BCUT2D eigenvalue weighted by Crippen LogP contribution is 2.34. The first-order valence-corrected chi connectivity index (χ1v) is 8.47. The molecule has 1 amide bonds. The molecule has 0 aliphatic heterocycles. The lowest BCUT2D eigenvalue weighted by Crippen LogP contribution is -2.23. The maximum absolute atomic E-state index is 12.4. The first-order valence-electron chi connectivity index (χ1n) is 8.47. The standard InChI is InChI=1S/C21H27NO4/c1-21(2,3)16-9-7-14(8-10-16)20(23)22-13-15-11-18(25-5)19(26-6)12-17(15)24-4/h7-12H,13H2,1-6H3,(H,22,23). The zero-order chi connectivity index (χ0) is 19.3. The molecule has 0 saturated carbocycles. The lowest BCUT2D eigenvalue weighted by molar-refractivity contribution is 0.0950. The lowest BCUT2D eigenvalue weighted by Gasteiger charge is -2.19. The summed E-state index contributed by atoms with van der Waals surface area (Å²) in [4.78, 5) is 12.4. The Hall–Kier alpha value is -2.69. The SMILES string of the molecule is COc1cc(OC)c(OC)cc1CNC(=O)c1ccc(C(C)(C)C)cc1. The molecule has 0 fully saturated rings. The molecule has 0 atom stereocenters. The van der Waals surface area contributed by atoms with E-state index in [4.69, 9.17) is 14.2 Å². The van der Waals surface area contributed by atoms with Crippen LogP contribution in [0.1, 0.15) is 42.3 Å². The van der Waals surface area contributed by atoms with Crippen LogP contribution in [0.4, 0.5) is 0 Å². The average molecular weight is 357 g/mol. The van der Waals surface area contributed by atoms with Crippen LogP contribution in [0, 0.1) is 0 Å². The quantitative estimate of drug-likeness (QED) is 0.851. The molecule has 0 aliphatic carbocycles. The Morgan fingerprint density at radius 3 is 1.92 bits per heavy atom. The Bertz CT molecular complexity index is 761. The third-order valence-corrected chi connectivity index (χ3v) is 4.24. The van der Waals surface area contributed by atoms with Crippen molar-refractivity contribution >= 4 is 5.91 Å². The van der Waals surface area contributed by atoms with Crippen molar-refractivity contribution in [1.29, 1.82) is 0 Å². The third kappa shape index (κ3) is 4.48. The molecule has 0 unspecified atom stereocenters. The molecule has 2 rings (SSSR count). The monoisotopic (exact) mass is 357 g/mol. The smallest absolute Gasteiger partial charge is 0.251 e. The normalized spacial score (nSPS) is 11.0. The number of hydrogen-bond donors (Lipinski definition) is 1. The minimum absolute atomic E-state index is 0.0576. The van der Waals surface area contributed by atoms with Gasteiger partial charge in [0.25, 0.3) is 5.91 Å². The van der Waals surface area contributed by atoms with Crippen LogP contribution < -0.4 is 19.5 Å². The predicted molar refractivity (Wildman–Crippen MR) is 102 cm³/mol. The van der Waals surface area contributed by atoms with Gasteiger partial charge in [0, 0.05) is 23.7 Å². The zero-order valence-corrected chi connectivity index (χ0v) is 16.3. The van der Waals surface area contributed by atoms with Crippen LogP contribution in [-0.4, -0.2) is 27.2 Å². The Kier molecular flexibility index (Phi) is 6.14. The molecule has 0 aromatic heterocycles. The fourth-order valence-corrected chi connectivity index (χ4v) is 2.63. The molecule has 5 heteroatoms. The van der Waals surface area contributed by atoms with Gasteiger partial charge in [-0.1, -0.05) is 32.9 Å². The Balaban J connectivity index is 2.14. The first-order chi connectivity index (χ1) is 12.3. The fraction of sp³-hybridized carbons (Fsp3) is 0.381. The van der Waals surface area contributed by atoms with Gasteiger partial charge in [0.2, 0.25) is 0 Å². The van der Waals surface area contributed by atoms with Gasteiger partial charge in [0.1, 0.15) is 5.75 Å². The van der Waals surface area contributed by atoms with Crippen LogP contribution in [-0.2, 0) is 12.0 Å². The Morgan fingerprint density at radius 1 is 0.885 bits per heavy atom. The van der Waals surface area contributed by atoms with Crippen molar-refractivity contribution in [2.45, 2.75) is 32.7 Å². The maximum atomic E-state index is 12.4. The molecule has 0 bridgehead atoms. The number of benzene rings is 2. The largest absolute Gasteiger partial charge is 0.496 e. The van der Waals surface area contributed by atoms with E-state index in [1.54, 1.807) is 33.5 Å². The number of carbonyl (C=O) groups is 1. The topological polar surface area (TPSA) is 56.8 Å². The lowest BCUT2D eigenvalue weighted by atomic mass is 9.87. The molecule has 26 heavy (non-hydrogen) atoms. The van der Waals surface area contributed by atoms with E-state index in [9.17, 15) is 4.79 Å². The van der Waals surface area contributed by atoms with Gasteiger partial charge in [0.15, 0.2) is 11.5 Å². The van der Waals surface area contributed by atoms with Crippen molar-refractivity contribution < 1.29 is 19.0 Å². The number of nitrogens with one attached hydrogen (secondary N) is 1. The summed E-state index contributed by atoms with van der Waals surface area (Å²) < 4.78 is 16.0. The van der Waals surface area contributed by atoms with E-state index in [2.05, 4.69) is 26.1 Å². The van der Waals surface area contributed by atoms with Gasteiger partial charge in [-0.3, -0.25) is 4.79 Å². The summed E-state index contributed by atoms with van der Waals surface area (Å²) in [5.74, 6) is 1.66. The zero-order valence-electron chi connectivity index (χ0n) is 16.3. The van der Waals surface area contributed by atoms with Crippen LogP contribution in [0.2, 0.25) is 0 Å². The number of rotatable bonds is 6. The highest BCUT2D eigenvalue weighted by Gasteiger charge is 2.15. The van der Waals surface area contributed by atoms with Gasteiger partial charge in [-0.15, -0.1) is 0 Å².